The molecule has 0 radical (unpaired) electrons. The molecule has 4 rings (SSSR count). The zero-order valence-electron chi connectivity index (χ0n) is 14.4. The summed E-state index contributed by atoms with van der Waals surface area (Å²) in [4.78, 5) is 11.1. The van der Waals surface area contributed by atoms with Gasteiger partial charge in [0, 0.05) is 24.8 Å². The minimum Gasteiger partial charge on any atom is -0.489 e. The number of H-pyrrole nitrogens is 1. The first-order valence-corrected chi connectivity index (χ1v) is 8.50. The lowest BCUT2D eigenvalue weighted by Gasteiger charge is -2.27. The lowest BCUT2D eigenvalue weighted by molar-refractivity contribution is 0.122. The van der Waals surface area contributed by atoms with Crippen molar-refractivity contribution in [3.05, 3.63) is 30.6 Å². The topological polar surface area (TPSA) is 76.2 Å². The summed E-state index contributed by atoms with van der Waals surface area (Å²) in [7, 11) is 0. The molecule has 0 unspecified atom stereocenters. The summed E-state index contributed by atoms with van der Waals surface area (Å²) < 4.78 is 11.2. The van der Waals surface area contributed by atoms with Crippen LogP contribution in [0.4, 0.5) is 5.82 Å². The largest absolute Gasteiger partial charge is 0.489 e. The average molecular weight is 339 g/mol. The van der Waals surface area contributed by atoms with Gasteiger partial charge in [-0.25, -0.2) is 9.97 Å². The summed E-state index contributed by atoms with van der Waals surface area (Å²) in [6.45, 7) is 7.17. The Morgan fingerprint density at radius 2 is 2.04 bits per heavy atom. The van der Waals surface area contributed by atoms with Gasteiger partial charge in [-0.2, -0.15) is 5.10 Å². The normalized spacial score (nSPS) is 15.1. The average Bonchev–Trinajstić information content (AvgIpc) is 3.05. The van der Waals surface area contributed by atoms with E-state index in [4.69, 9.17) is 9.47 Å². The van der Waals surface area contributed by atoms with Crippen molar-refractivity contribution < 1.29 is 9.47 Å². The summed E-state index contributed by atoms with van der Waals surface area (Å²) in [5.41, 5.74) is 2.61. The third-order valence-electron chi connectivity index (χ3n) is 4.12. The molecule has 0 atom stereocenters. The Kier molecular flexibility index (Phi) is 4.23. The Balaban J connectivity index is 1.71. The number of nitrogens with zero attached hydrogens (tertiary/aromatic N) is 4. The van der Waals surface area contributed by atoms with Crippen LogP contribution in [0.1, 0.15) is 13.8 Å². The fourth-order valence-electron chi connectivity index (χ4n) is 2.97. The van der Waals surface area contributed by atoms with Crippen molar-refractivity contribution in [3.63, 3.8) is 0 Å². The number of nitrogens with one attached hydrogen (secondary N) is 1. The molecule has 0 aromatic carbocycles. The number of hydrogen-bond acceptors (Lipinski definition) is 6. The molecule has 130 valence electrons. The second-order valence-corrected chi connectivity index (χ2v) is 6.31. The van der Waals surface area contributed by atoms with Crippen LogP contribution in [-0.4, -0.2) is 52.6 Å². The van der Waals surface area contributed by atoms with E-state index < -0.39 is 0 Å². The van der Waals surface area contributed by atoms with Crippen molar-refractivity contribution in [2.24, 2.45) is 0 Å². The zero-order valence-corrected chi connectivity index (χ0v) is 14.4. The Morgan fingerprint density at radius 1 is 1.20 bits per heavy atom. The van der Waals surface area contributed by atoms with E-state index in [1.54, 1.807) is 6.20 Å². The highest BCUT2D eigenvalue weighted by Gasteiger charge is 2.15. The molecule has 3 aromatic rings. The van der Waals surface area contributed by atoms with Crippen LogP contribution >= 0.6 is 0 Å². The predicted molar refractivity (Wildman–Crippen MR) is 95.9 cm³/mol. The molecule has 1 saturated heterocycles. The van der Waals surface area contributed by atoms with Crippen molar-refractivity contribution in [2.45, 2.75) is 20.0 Å². The molecule has 1 aliphatic heterocycles. The number of pyridine rings is 2. The molecule has 0 amide bonds. The molecular formula is C18H21N5O2. The van der Waals surface area contributed by atoms with E-state index in [0.29, 0.717) is 0 Å². The summed E-state index contributed by atoms with van der Waals surface area (Å²) in [5, 5.41) is 8.40. The van der Waals surface area contributed by atoms with Crippen molar-refractivity contribution in [2.75, 3.05) is 31.2 Å². The maximum atomic E-state index is 5.76. The number of aromatic amines is 1. The van der Waals surface area contributed by atoms with Gasteiger partial charge < -0.3 is 14.4 Å². The summed E-state index contributed by atoms with van der Waals surface area (Å²) in [6, 6.07) is 6.02. The Bertz CT molecular complexity index is 871. The molecule has 0 bridgehead atoms. The van der Waals surface area contributed by atoms with Crippen LogP contribution in [0.2, 0.25) is 0 Å². The third kappa shape index (κ3) is 3.28. The van der Waals surface area contributed by atoms with Crippen molar-refractivity contribution in [1.82, 2.24) is 20.2 Å². The van der Waals surface area contributed by atoms with Gasteiger partial charge in [0.25, 0.3) is 0 Å². The van der Waals surface area contributed by atoms with Gasteiger partial charge in [-0.15, -0.1) is 0 Å². The number of ether oxygens (including phenoxy) is 2. The smallest absolute Gasteiger partial charge is 0.156 e. The van der Waals surface area contributed by atoms with Gasteiger partial charge in [0.2, 0.25) is 0 Å². The van der Waals surface area contributed by atoms with E-state index in [1.807, 2.05) is 32.2 Å². The van der Waals surface area contributed by atoms with Gasteiger partial charge in [0.15, 0.2) is 5.65 Å². The van der Waals surface area contributed by atoms with Crippen LogP contribution in [0, 0.1) is 0 Å². The molecule has 7 nitrogen and oxygen atoms in total. The fourth-order valence-corrected chi connectivity index (χ4v) is 2.97. The monoisotopic (exact) mass is 339 g/mol. The maximum Gasteiger partial charge on any atom is 0.156 e. The molecule has 0 aliphatic carbocycles. The van der Waals surface area contributed by atoms with Crippen LogP contribution in [0.15, 0.2) is 30.6 Å². The number of fused-ring (bicyclic) bond motifs is 1. The van der Waals surface area contributed by atoms with Crippen molar-refractivity contribution >= 4 is 16.9 Å². The minimum atomic E-state index is 0.100. The van der Waals surface area contributed by atoms with E-state index in [0.717, 1.165) is 60.2 Å². The lowest BCUT2D eigenvalue weighted by Crippen LogP contribution is -2.36. The van der Waals surface area contributed by atoms with E-state index in [1.165, 1.54) is 0 Å². The van der Waals surface area contributed by atoms with E-state index in [-0.39, 0.29) is 6.10 Å². The number of aromatic nitrogens is 4. The molecule has 7 heteroatoms. The fraction of sp³-hybridized carbons (Fsp3) is 0.389. The Morgan fingerprint density at radius 3 is 2.84 bits per heavy atom. The first-order valence-electron chi connectivity index (χ1n) is 8.50. The van der Waals surface area contributed by atoms with Crippen LogP contribution in [0.5, 0.6) is 5.75 Å². The lowest BCUT2D eigenvalue weighted by atomic mass is 10.1. The van der Waals surface area contributed by atoms with Gasteiger partial charge in [-0.1, -0.05) is 0 Å². The number of rotatable bonds is 4. The van der Waals surface area contributed by atoms with Gasteiger partial charge in [-0.05, 0) is 32.0 Å². The van der Waals surface area contributed by atoms with E-state index >= 15 is 0 Å². The SMILES string of the molecule is CC(C)Oc1cnc2[nH]nc(-c3ccnc(N4CCOCC4)c3)c2c1. The van der Waals surface area contributed by atoms with Crippen molar-refractivity contribution in [1.29, 1.82) is 0 Å². The predicted octanol–water partition coefficient (Wildman–Crippen LogP) is 2.64. The maximum absolute atomic E-state index is 5.76. The zero-order chi connectivity index (χ0) is 17.2. The summed E-state index contributed by atoms with van der Waals surface area (Å²) >= 11 is 0. The van der Waals surface area contributed by atoms with Gasteiger partial charge >= 0.3 is 0 Å². The van der Waals surface area contributed by atoms with Crippen LogP contribution < -0.4 is 9.64 Å². The highest BCUT2D eigenvalue weighted by Crippen LogP contribution is 2.29. The van der Waals surface area contributed by atoms with Crippen molar-refractivity contribution in [3.8, 4) is 17.0 Å². The summed E-state index contributed by atoms with van der Waals surface area (Å²) in [5.74, 6) is 1.69. The standard InChI is InChI=1S/C18H21N5O2/c1-12(2)25-14-10-15-17(21-22-18(15)20-11-14)13-3-4-19-16(9-13)23-5-7-24-8-6-23/h3-4,9-12H,5-8H2,1-2H3,(H,20,21,22). The van der Waals surface area contributed by atoms with Gasteiger partial charge in [-0.3, -0.25) is 5.10 Å². The molecule has 1 fully saturated rings. The molecule has 3 aromatic heterocycles. The molecule has 0 spiro atoms. The summed E-state index contributed by atoms with van der Waals surface area (Å²) in [6.07, 6.45) is 3.64. The van der Waals surface area contributed by atoms with Crippen LogP contribution in [-0.2, 0) is 4.74 Å². The quantitative estimate of drug-likeness (QED) is 0.787. The highest BCUT2D eigenvalue weighted by atomic mass is 16.5. The molecular weight excluding hydrogens is 318 g/mol. The molecule has 1 N–H and O–H groups in total. The first-order chi connectivity index (χ1) is 12.2. The molecule has 25 heavy (non-hydrogen) atoms. The third-order valence-corrected chi connectivity index (χ3v) is 4.12. The van der Waals surface area contributed by atoms with E-state index in [9.17, 15) is 0 Å². The highest BCUT2D eigenvalue weighted by molar-refractivity contribution is 5.91. The number of hydrogen-bond donors (Lipinski definition) is 1. The van der Waals surface area contributed by atoms with Gasteiger partial charge in [0.1, 0.15) is 17.3 Å². The Hall–Kier alpha value is -2.67. The molecule has 4 heterocycles. The van der Waals surface area contributed by atoms with Crippen LogP contribution in [0.3, 0.4) is 0 Å². The number of morpholine rings is 1. The second kappa shape index (κ2) is 6.68. The molecule has 0 saturated carbocycles. The second-order valence-electron chi connectivity index (χ2n) is 6.31. The first kappa shape index (κ1) is 15.8. The van der Waals surface area contributed by atoms with E-state index in [2.05, 4.69) is 31.1 Å². The molecule has 1 aliphatic rings. The Labute approximate surface area is 146 Å². The van der Waals surface area contributed by atoms with Crippen LogP contribution in [0.25, 0.3) is 22.3 Å². The van der Waals surface area contributed by atoms with Gasteiger partial charge in [0.05, 0.1) is 30.9 Å². The number of anilines is 1. The minimum absolute atomic E-state index is 0.100.